The molecule has 0 spiro atoms. The molecule has 0 aromatic heterocycles. The van der Waals surface area contributed by atoms with Gasteiger partial charge in [0.2, 0.25) is 0 Å². The van der Waals surface area contributed by atoms with Gasteiger partial charge in [0.15, 0.2) is 5.96 Å². The van der Waals surface area contributed by atoms with E-state index in [1.165, 1.54) is 5.56 Å². The highest BCUT2D eigenvalue weighted by atomic mass is 16.5. The van der Waals surface area contributed by atoms with Crippen molar-refractivity contribution in [1.82, 2.24) is 4.90 Å². The predicted octanol–water partition coefficient (Wildman–Crippen LogP) is 2.39. The van der Waals surface area contributed by atoms with Crippen molar-refractivity contribution in [1.29, 1.82) is 0 Å². The largest absolute Gasteiger partial charge is 0.379 e. The molecule has 1 aliphatic rings. The highest BCUT2D eigenvalue weighted by Gasteiger charge is 2.42. The molecule has 0 amide bonds. The predicted molar refractivity (Wildman–Crippen MR) is 82.6 cm³/mol. The standard InChI is InChI=1S/C16H25N3O/c1-15(2,20-4)11-16(3)12-18-14(17)19(16)10-13-8-6-5-7-9-13/h5-9H,10-12H2,1-4H3,(H2,17,18). The van der Waals surface area contributed by atoms with Gasteiger partial charge < -0.3 is 15.4 Å². The van der Waals surface area contributed by atoms with E-state index < -0.39 is 0 Å². The van der Waals surface area contributed by atoms with Crippen molar-refractivity contribution in [3.8, 4) is 0 Å². The minimum atomic E-state index is -0.191. The molecule has 110 valence electrons. The second kappa shape index (κ2) is 5.44. The van der Waals surface area contributed by atoms with Gasteiger partial charge in [-0.2, -0.15) is 0 Å². The summed E-state index contributed by atoms with van der Waals surface area (Å²) in [6, 6.07) is 10.4. The maximum absolute atomic E-state index is 6.10. The number of hydrogen-bond acceptors (Lipinski definition) is 4. The van der Waals surface area contributed by atoms with E-state index in [1.54, 1.807) is 7.11 Å². The SMILES string of the molecule is COC(C)(C)CC1(C)CN=C(N)N1Cc1ccccc1. The van der Waals surface area contributed by atoms with Gasteiger partial charge in [-0.3, -0.25) is 4.99 Å². The second-order valence-corrected chi connectivity index (χ2v) is 6.38. The third-order valence-corrected chi connectivity index (χ3v) is 4.05. The van der Waals surface area contributed by atoms with Gasteiger partial charge in [0, 0.05) is 20.1 Å². The van der Waals surface area contributed by atoms with Gasteiger partial charge in [0.25, 0.3) is 0 Å². The van der Waals surface area contributed by atoms with Crippen molar-refractivity contribution in [2.75, 3.05) is 13.7 Å². The van der Waals surface area contributed by atoms with E-state index in [4.69, 9.17) is 10.5 Å². The molecule has 2 N–H and O–H groups in total. The van der Waals surface area contributed by atoms with Gasteiger partial charge in [-0.1, -0.05) is 30.3 Å². The first kappa shape index (κ1) is 14.9. The number of aliphatic imine (C=N–C) groups is 1. The molecule has 4 nitrogen and oxygen atoms in total. The maximum atomic E-state index is 6.10. The fourth-order valence-corrected chi connectivity index (χ4v) is 2.88. The fraction of sp³-hybridized carbons (Fsp3) is 0.562. The Labute approximate surface area is 121 Å². The number of rotatable bonds is 5. The van der Waals surface area contributed by atoms with Crippen LogP contribution in [-0.4, -0.2) is 35.7 Å². The third-order valence-electron chi connectivity index (χ3n) is 4.05. The third kappa shape index (κ3) is 3.12. The average Bonchev–Trinajstić information content (AvgIpc) is 2.68. The summed E-state index contributed by atoms with van der Waals surface area (Å²) in [5.74, 6) is 0.628. The summed E-state index contributed by atoms with van der Waals surface area (Å²) < 4.78 is 5.58. The minimum Gasteiger partial charge on any atom is -0.379 e. The molecule has 0 fully saturated rings. The van der Waals surface area contributed by atoms with Gasteiger partial charge in [0.05, 0.1) is 17.7 Å². The Hall–Kier alpha value is -1.55. The number of hydrogen-bond donors (Lipinski definition) is 1. The second-order valence-electron chi connectivity index (χ2n) is 6.38. The summed E-state index contributed by atoms with van der Waals surface area (Å²) in [5, 5.41) is 0. The summed E-state index contributed by atoms with van der Waals surface area (Å²) in [7, 11) is 1.75. The van der Waals surface area contributed by atoms with E-state index in [0.29, 0.717) is 5.96 Å². The molecule has 0 saturated carbocycles. The van der Waals surface area contributed by atoms with Crippen LogP contribution >= 0.6 is 0 Å². The van der Waals surface area contributed by atoms with E-state index in [9.17, 15) is 0 Å². The molecular formula is C16H25N3O. The molecule has 1 heterocycles. The average molecular weight is 275 g/mol. The molecule has 1 aliphatic heterocycles. The van der Waals surface area contributed by atoms with Gasteiger partial charge in [-0.25, -0.2) is 0 Å². The fourth-order valence-electron chi connectivity index (χ4n) is 2.88. The van der Waals surface area contributed by atoms with Crippen LogP contribution < -0.4 is 5.73 Å². The molecule has 0 bridgehead atoms. The Morgan fingerprint density at radius 2 is 2.00 bits per heavy atom. The lowest BCUT2D eigenvalue weighted by atomic mass is 9.86. The summed E-state index contributed by atoms with van der Waals surface area (Å²) in [5.41, 5.74) is 7.05. The van der Waals surface area contributed by atoms with Gasteiger partial charge in [0.1, 0.15) is 0 Å². The van der Waals surface area contributed by atoms with Crippen LogP contribution in [0.3, 0.4) is 0 Å². The normalized spacial score (nSPS) is 23.0. The zero-order valence-electron chi connectivity index (χ0n) is 12.9. The number of nitrogens with zero attached hydrogens (tertiary/aromatic N) is 2. The highest BCUT2D eigenvalue weighted by molar-refractivity contribution is 5.81. The first-order chi connectivity index (χ1) is 9.36. The first-order valence-corrected chi connectivity index (χ1v) is 7.03. The lowest BCUT2D eigenvalue weighted by Crippen LogP contribution is -2.52. The van der Waals surface area contributed by atoms with Crippen LogP contribution in [0.5, 0.6) is 0 Å². The smallest absolute Gasteiger partial charge is 0.192 e. The van der Waals surface area contributed by atoms with Crippen LogP contribution in [-0.2, 0) is 11.3 Å². The minimum absolute atomic E-state index is 0.0978. The van der Waals surface area contributed by atoms with Gasteiger partial charge in [-0.15, -0.1) is 0 Å². The molecule has 2 rings (SSSR count). The summed E-state index contributed by atoms with van der Waals surface area (Å²) in [6.45, 7) is 7.92. The molecular weight excluding hydrogens is 250 g/mol. The van der Waals surface area contributed by atoms with Crippen molar-refractivity contribution in [2.24, 2.45) is 10.7 Å². The van der Waals surface area contributed by atoms with Crippen molar-refractivity contribution in [3.63, 3.8) is 0 Å². The maximum Gasteiger partial charge on any atom is 0.192 e. The monoisotopic (exact) mass is 275 g/mol. The Morgan fingerprint density at radius 3 is 2.60 bits per heavy atom. The quantitative estimate of drug-likeness (QED) is 0.897. The molecule has 1 atom stereocenters. The number of guanidine groups is 1. The molecule has 4 heteroatoms. The number of benzene rings is 1. The van der Waals surface area contributed by atoms with Crippen LogP contribution in [0, 0.1) is 0 Å². The van der Waals surface area contributed by atoms with E-state index in [2.05, 4.69) is 54.9 Å². The summed E-state index contributed by atoms with van der Waals surface area (Å²) in [4.78, 5) is 6.65. The molecule has 1 aromatic carbocycles. The van der Waals surface area contributed by atoms with Crippen LogP contribution in [0.1, 0.15) is 32.8 Å². The zero-order chi connectivity index (χ0) is 14.8. The summed E-state index contributed by atoms with van der Waals surface area (Å²) >= 11 is 0. The van der Waals surface area contributed by atoms with Gasteiger partial charge >= 0.3 is 0 Å². The van der Waals surface area contributed by atoms with E-state index in [0.717, 1.165) is 19.5 Å². The number of ether oxygens (including phenoxy) is 1. The van der Waals surface area contributed by atoms with Crippen LogP contribution in [0.4, 0.5) is 0 Å². The molecule has 1 aromatic rings. The van der Waals surface area contributed by atoms with Crippen LogP contribution in [0.2, 0.25) is 0 Å². The number of methoxy groups -OCH3 is 1. The van der Waals surface area contributed by atoms with Gasteiger partial charge in [-0.05, 0) is 26.3 Å². The van der Waals surface area contributed by atoms with Crippen LogP contribution in [0.15, 0.2) is 35.3 Å². The molecule has 0 radical (unpaired) electrons. The molecule has 1 unspecified atom stereocenters. The topological polar surface area (TPSA) is 50.9 Å². The molecule has 0 aliphatic carbocycles. The van der Waals surface area contributed by atoms with Crippen molar-refractivity contribution < 1.29 is 4.74 Å². The summed E-state index contributed by atoms with van der Waals surface area (Å²) in [6.07, 6.45) is 0.882. The molecule has 0 saturated heterocycles. The molecule has 20 heavy (non-hydrogen) atoms. The van der Waals surface area contributed by atoms with Crippen LogP contribution in [0.25, 0.3) is 0 Å². The highest BCUT2D eigenvalue weighted by Crippen LogP contribution is 2.33. The van der Waals surface area contributed by atoms with E-state index in [-0.39, 0.29) is 11.1 Å². The van der Waals surface area contributed by atoms with Crippen molar-refractivity contribution in [3.05, 3.63) is 35.9 Å². The Balaban J connectivity index is 2.17. The number of nitrogens with two attached hydrogens (primary N) is 1. The Bertz CT molecular complexity index is 484. The lowest BCUT2D eigenvalue weighted by molar-refractivity contribution is -0.0181. The van der Waals surface area contributed by atoms with Crippen molar-refractivity contribution >= 4 is 5.96 Å². The van der Waals surface area contributed by atoms with E-state index in [1.807, 2.05) is 6.07 Å². The van der Waals surface area contributed by atoms with Crippen molar-refractivity contribution in [2.45, 2.75) is 44.9 Å². The Morgan fingerprint density at radius 1 is 1.35 bits per heavy atom. The zero-order valence-corrected chi connectivity index (χ0v) is 12.9. The first-order valence-electron chi connectivity index (χ1n) is 7.03. The Kier molecular flexibility index (Phi) is 4.04. The van der Waals surface area contributed by atoms with E-state index >= 15 is 0 Å². The lowest BCUT2D eigenvalue weighted by Gasteiger charge is -2.41.